The van der Waals surface area contributed by atoms with Crippen LogP contribution in [0.1, 0.15) is 19.4 Å². The fourth-order valence-electron chi connectivity index (χ4n) is 3.39. The molecule has 0 saturated carbocycles. The van der Waals surface area contributed by atoms with Crippen LogP contribution in [0, 0.1) is 0 Å². The van der Waals surface area contributed by atoms with Gasteiger partial charge >= 0.3 is 0 Å². The topological polar surface area (TPSA) is 51.5 Å². The normalized spacial score (nSPS) is 10.4. The van der Waals surface area contributed by atoms with E-state index in [2.05, 4.69) is 46.8 Å². The second-order valence-electron chi connectivity index (χ2n) is 6.65. The Labute approximate surface area is 191 Å². The zero-order valence-electron chi connectivity index (χ0n) is 18.1. The first-order valence-electron chi connectivity index (χ1n) is 9.82. The van der Waals surface area contributed by atoms with Gasteiger partial charge in [-0.1, -0.05) is 32.0 Å². The maximum absolute atomic E-state index is 5.41. The van der Waals surface area contributed by atoms with Gasteiger partial charge in [-0.25, -0.2) is 4.98 Å². The molecular weight excluding hydrogens is 423 g/mol. The molecule has 166 valence electrons. The van der Waals surface area contributed by atoms with E-state index in [1.54, 1.807) is 14.2 Å². The van der Waals surface area contributed by atoms with Crippen LogP contribution in [-0.2, 0) is 13.1 Å². The molecule has 0 aliphatic carbocycles. The lowest BCUT2D eigenvalue weighted by molar-refractivity contribution is 0.292. The number of nitrogens with one attached hydrogen (secondary N) is 1. The first kappa shape index (κ1) is 25.9. The average molecular weight is 455 g/mol. The number of halogens is 2. The van der Waals surface area contributed by atoms with Crippen LogP contribution in [0.4, 0.5) is 5.95 Å². The summed E-state index contributed by atoms with van der Waals surface area (Å²) in [5.74, 6) is 2.36. The number of likely N-dealkylation sites (N-methyl/N-ethyl adjacent to an activating group) is 1. The monoisotopic (exact) mass is 454 g/mol. The van der Waals surface area contributed by atoms with E-state index in [1.807, 2.05) is 24.3 Å². The van der Waals surface area contributed by atoms with Gasteiger partial charge in [-0.15, -0.1) is 24.8 Å². The molecule has 0 saturated heterocycles. The molecule has 0 aliphatic heterocycles. The smallest absolute Gasteiger partial charge is 0.204 e. The third-order valence-corrected chi connectivity index (χ3v) is 5.09. The maximum Gasteiger partial charge on any atom is 0.204 e. The number of methoxy groups -OCH3 is 2. The highest BCUT2D eigenvalue weighted by Gasteiger charge is 2.12. The summed E-state index contributed by atoms with van der Waals surface area (Å²) >= 11 is 0. The molecular formula is C22H32Cl2N4O2. The molecule has 0 amide bonds. The number of anilines is 1. The van der Waals surface area contributed by atoms with Gasteiger partial charge in [-0.2, -0.15) is 0 Å². The summed E-state index contributed by atoms with van der Waals surface area (Å²) in [4.78, 5) is 7.23. The van der Waals surface area contributed by atoms with Crippen molar-refractivity contribution in [1.29, 1.82) is 0 Å². The van der Waals surface area contributed by atoms with Gasteiger partial charge in [-0.3, -0.25) is 0 Å². The van der Waals surface area contributed by atoms with Gasteiger partial charge in [0.05, 0.1) is 25.3 Å². The number of para-hydroxylation sites is 2. The number of hydrogen-bond acceptors (Lipinski definition) is 5. The second kappa shape index (κ2) is 12.5. The van der Waals surface area contributed by atoms with Crippen LogP contribution in [0.25, 0.3) is 11.0 Å². The maximum atomic E-state index is 5.41. The quantitative estimate of drug-likeness (QED) is 0.474. The molecule has 0 radical (unpaired) electrons. The van der Waals surface area contributed by atoms with Crippen LogP contribution in [0.3, 0.4) is 0 Å². The molecule has 0 bridgehead atoms. The molecule has 8 heteroatoms. The van der Waals surface area contributed by atoms with Crippen molar-refractivity contribution in [2.75, 3.05) is 39.2 Å². The summed E-state index contributed by atoms with van der Waals surface area (Å²) in [5.41, 5.74) is 3.28. The van der Waals surface area contributed by atoms with Gasteiger partial charge in [0.2, 0.25) is 5.95 Å². The molecule has 1 N–H and O–H groups in total. The van der Waals surface area contributed by atoms with E-state index in [4.69, 9.17) is 14.5 Å². The Hall–Kier alpha value is -2.15. The Morgan fingerprint density at radius 1 is 0.967 bits per heavy atom. The second-order valence-corrected chi connectivity index (χ2v) is 6.65. The number of nitrogens with zero attached hydrogens (tertiary/aromatic N) is 3. The van der Waals surface area contributed by atoms with Crippen molar-refractivity contribution in [2.45, 2.75) is 26.9 Å². The molecule has 3 aromatic rings. The largest absolute Gasteiger partial charge is 0.493 e. The lowest BCUT2D eigenvalue weighted by atomic mass is 10.2. The lowest BCUT2D eigenvalue weighted by Crippen LogP contribution is -2.27. The van der Waals surface area contributed by atoms with Crippen molar-refractivity contribution in [1.82, 2.24) is 14.5 Å². The number of aromatic nitrogens is 2. The van der Waals surface area contributed by atoms with Crippen LogP contribution >= 0.6 is 24.8 Å². The molecule has 0 spiro atoms. The third-order valence-electron chi connectivity index (χ3n) is 5.09. The fourth-order valence-corrected chi connectivity index (χ4v) is 3.39. The van der Waals surface area contributed by atoms with Gasteiger partial charge in [-0.05, 0) is 42.9 Å². The number of fused-ring (bicyclic) bond motifs is 1. The van der Waals surface area contributed by atoms with Gasteiger partial charge in [0.1, 0.15) is 0 Å². The van der Waals surface area contributed by atoms with E-state index in [-0.39, 0.29) is 24.8 Å². The van der Waals surface area contributed by atoms with Crippen molar-refractivity contribution in [3.8, 4) is 11.5 Å². The van der Waals surface area contributed by atoms with E-state index >= 15 is 0 Å². The van der Waals surface area contributed by atoms with Crippen molar-refractivity contribution < 1.29 is 9.47 Å². The average Bonchev–Trinajstić information content (AvgIpc) is 3.10. The number of hydrogen-bond donors (Lipinski definition) is 1. The predicted molar refractivity (Wildman–Crippen MR) is 129 cm³/mol. The standard InChI is InChI=1S/C22H30N4O2.2ClH/c1-5-25(6-2)13-14-26-19-10-8-7-9-18(19)24-22(26)23-16-17-11-12-20(27-3)21(15-17)28-4;;/h7-12,15H,5-6,13-14,16H2,1-4H3,(H,23,24);2*1H. The molecule has 30 heavy (non-hydrogen) atoms. The van der Waals surface area contributed by atoms with E-state index in [0.717, 1.165) is 60.2 Å². The lowest BCUT2D eigenvalue weighted by Gasteiger charge is -2.19. The summed E-state index contributed by atoms with van der Waals surface area (Å²) < 4.78 is 13.0. The van der Waals surface area contributed by atoms with Crippen LogP contribution < -0.4 is 14.8 Å². The number of benzene rings is 2. The van der Waals surface area contributed by atoms with Gasteiger partial charge < -0.3 is 24.3 Å². The molecule has 6 nitrogen and oxygen atoms in total. The SMILES string of the molecule is CCN(CC)CCn1c(NCc2ccc(OC)c(OC)c2)nc2ccccc21.Cl.Cl. The molecule has 0 fully saturated rings. The van der Waals surface area contributed by atoms with Crippen LogP contribution in [0.5, 0.6) is 11.5 Å². The highest BCUT2D eigenvalue weighted by Crippen LogP contribution is 2.28. The van der Waals surface area contributed by atoms with Gasteiger partial charge in [0, 0.05) is 19.6 Å². The van der Waals surface area contributed by atoms with Crippen LogP contribution in [-0.4, -0.2) is 48.3 Å². The van der Waals surface area contributed by atoms with E-state index in [9.17, 15) is 0 Å². The molecule has 2 aromatic carbocycles. The summed E-state index contributed by atoms with van der Waals surface area (Å²) in [6.07, 6.45) is 0. The Morgan fingerprint density at radius 2 is 1.67 bits per heavy atom. The first-order valence-corrected chi connectivity index (χ1v) is 9.82. The zero-order chi connectivity index (χ0) is 19.9. The van der Waals surface area contributed by atoms with Gasteiger partial charge in [0.25, 0.3) is 0 Å². The minimum atomic E-state index is 0. The van der Waals surface area contributed by atoms with Crippen molar-refractivity contribution in [3.05, 3.63) is 48.0 Å². The number of ether oxygens (including phenoxy) is 2. The summed E-state index contributed by atoms with van der Waals surface area (Å²) in [7, 11) is 3.30. The summed E-state index contributed by atoms with van der Waals surface area (Å²) in [5, 5.41) is 3.50. The molecule has 0 atom stereocenters. The van der Waals surface area contributed by atoms with Crippen LogP contribution in [0.15, 0.2) is 42.5 Å². The fraction of sp³-hybridized carbons (Fsp3) is 0.409. The molecule has 0 aliphatic rings. The Bertz CT molecular complexity index is 913. The Kier molecular flexibility index (Phi) is 10.8. The highest BCUT2D eigenvalue weighted by atomic mass is 35.5. The number of imidazole rings is 1. The van der Waals surface area contributed by atoms with E-state index in [0.29, 0.717) is 6.54 Å². The highest BCUT2D eigenvalue weighted by molar-refractivity contribution is 5.85. The van der Waals surface area contributed by atoms with Crippen LogP contribution in [0.2, 0.25) is 0 Å². The van der Waals surface area contributed by atoms with Crippen molar-refractivity contribution in [2.24, 2.45) is 0 Å². The molecule has 3 rings (SSSR count). The summed E-state index contributed by atoms with van der Waals surface area (Å²) in [6.45, 7) is 9.07. The third kappa shape index (κ3) is 5.94. The Balaban J connectivity index is 0.00000225. The predicted octanol–water partition coefficient (Wildman–Crippen LogP) is 4.85. The van der Waals surface area contributed by atoms with E-state index in [1.165, 1.54) is 0 Å². The minimum Gasteiger partial charge on any atom is -0.493 e. The van der Waals surface area contributed by atoms with Crippen molar-refractivity contribution >= 4 is 41.8 Å². The molecule has 0 unspecified atom stereocenters. The summed E-state index contributed by atoms with van der Waals surface area (Å²) in [6, 6.07) is 14.3. The first-order chi connectivity index (χ1) is 13.7. The van der Waals surface area contributed by atoms with E-state index < -0.39 is 0 Å². The van der Waals surface area contributed by atoms with Gasteiger partial charge in [0.15, 0.2) is 11.5 Å². The molecule has 1 heterocycles. The Morgan fingerprint density at radius 3 is 2.33 bits per heavy atom. The zero-order valence-corrected chi connectivity index (χ0v) is 19.7. The van der Waals surface area contributed by atoms with Crippen molar-refractivity contribution in [3.63, 3.8) is 0 Å². The minimum absolute atomic E-state index is 0. The molecule has 1 aromatic heterocycles. The number of rotatable bonds is 10.